The zero-order valence-electron chi connectivity index (χ0n) is 15.2. The number of amides is 1. The topological polar surface area (TPSA) is 79.6 Å². The van der Waals surface area contributed by atoms with Crippen LogP contribution < -0.4 is 10.5 Å². The van der Waals surface area contributed by atoms with Gasteiger partial charge in [-0.15, -0.1) is 0 Å². The summed E-state index contributed by atoms with van der Waals surface area (Å²) in [6, 6.07) is 7.53. The summed E-state index contributed by atoms with van der Waals surface area (Å²) in [6.45, 7) is 3.32. The molecule has 2 aromatic rings. The number of pyridine rings is 1. The van der Waals surface area contributed by atoms with Crippen LogP contribution in [0.25, 0.3) is 0 Å². The van der Waals surface area contributed by atoms with Crippen molar-refractivity contribution in [3.8, 4) is 0 Å². The predicted molar refractivity (Wildman–Crippen MR) is 103 cm³/mol. The number of aliphatic hydroxyl groups is 1. The fourth-order valence-electron chi connectivity index (χ4n) is 3.30. The average Bonchev–Trinajstić information content (AvgIpc) is 2.90. The van der Waals surface area contributed by atoms with E-state index in [1.54, 1.807) is 51.2 Å². The molecule has 1 aromatic carbocycles. The summed E-state index contributed by atoms with van der Waals surface area (Å²) >= 11 is 5.97. The summed E-state index contributed by atoms with van der Waals surface area (Å²) in [5.74, 6) is -1.55. The van der Waals surface area contributed by atoms with E-state index in [1.807, 2.05) is 0 Å². The first-order valence-corrected chi connectivity index (χ1v) is 8.86. The van der Waals surface area contributed by atoms with Crippen LogP contribution in [0.3, 0.4) is 0 Å². The molecule has 0 spiro atoms. The van der Waals surface area contributed by atoms with E-state index in [0.29, 0.717) is 21.8 Å². The summed E-state index contributed by atoms with van der Waals surface area (Å²) < 4.78 is 1.37. The van der Waals surface area contributed by atoms with Gasteiger partial charge in [0.2, 0.25) is 0 Å². The molecule has 140 valence electrons. The van der Waals surface area contributed by atoms with Gasteiger partial charge in [0.1, 0.15) is 0 Å². The number of nitrogens with zero attached hydrogens (tertiary/aromatic N) is 2. The first-order valence-electron chi connectivity index (χ1n) is 8.48. The number of anilines is 1. The van der Waals surface area contributed by atoms with Crippen LogP contribution in [0.15, 0.2) is 52.7 Å². The lowest BCUT2D eigenvalue weighted by atomic mass is 9.95. The molecule has 1 aliphatic heterocycles. The number of carbonyl (C=O) groups is 2. The Morgan fingerprint density at radius 3 is 2.41 bits per heavy atom. The molecule has 2 heterocycles. The van der Waals surface area contributed by atoms with Crippen molar-refractivity contribution >= 4 is 29.0 Å². The van der Waals surface area contributed by atoms with Crippen LogP contribution in [0.4, 0.5) is 5.69 Å². The highest BCUT2D eigenvalue weighted by Crippen LogP contribution is 2.41. The smallest absolute Gasteiger partial charge is 0.294 e. The summed E-state index contributed by atoms with van der Waals surface area (Å²) in [5.41, 5.74) is 1.38. The van der Waals surface area contributed by atoms with Crippen LogP contribution in [0, 0.1) is 6.92 Å². The molecule has 1 atom stereocenters. The number of carbonyl (C=O) groups excluding carboxylic acids is 2. The number of Topliss-reactive ketones (excluding diaryl/α,β-unsaturated/α-hetero) is 1. The van der Waals surface area contributed by atoms with Gasteiger partial charge in [0.25, 0.3) is 11.5 Å². The molecular formula is C20H19ClN2O4. The number of halogens is 1. The fourth-order valence-corrected chi connectivity index (χ4v) is 3.42. The Balaban J connectivity index is 2.23. The monoisotopic (exact) mass is 386 g/mol. The van der Waals surface area contributed by atoms with E-state index in [1.165, 1.54) is 15.7 Å². The first kappa shape index (κ1) is 18.9. The maximum absolute atomic E-state index is 12.8. The molecule has 1 unspecified atom stereocenters. The molecule has 7 heteroatoms. The molecule has 0 aliphatic carbocycles. The third kappa shape index (κ3) is 3.17. The molecular weight excluding hydrogens is 368 g/mol. The predicted octanol–water partition coefficient (Wildman–Crippen LogP) is 3.23. The van der Waals surface area contributed by atoms with Gasteiger partial charge in [-0.2, -0.15) is 0 Å². The number of aryl methyl sites for hydroxylation is 2. The minimum atomic E-state index is -0.792. The lowest BCUT2D eigenvalue weighted by molar-refractivity contribution is -0.118. The van der Waals surface area contributed by atoms with Crippen molar-refractivity contribution in [1.29, 1.82) is 0 Å². The van der Waals surface area contributed by atoms with E-state index in [-0.39, 0.29) is 23.3 Å². The van der Waals surface area contributed by atoms with E-state index in [9.17, 15) is 19.5 Å². The van der Waals surface area contributed by atoms with Crippen molar-refractivity contribution in [2.24, 2.45) is 7.05 Å². The van der Waals surface area contributed by atoms with E-state index in [2.05, 4.69) is 0 Å². The van der Waals surface area contributed by atoms with E-state index in [4.69, 9.17) is 11.6 Å². The zero-order chi connectivity index (χ0) is 19.9. The molecule has 1 aromatic heterocycles. The highest BCUT2D eigenvalue weighted by atomic mass is 35.5. The lowest BCUT2D eigenvalue weighted by Gasteiger charge is -2.27. The van der Waals surface area contributed by atoms with Crippen molar-refractivity contribution in [3.05, 3.63) is 74.4 Å². The maximum atomic E-state index is 12.8. The van der Waals surface area contributed by atoms with Crippen LogP contribution in [0.2, 0.25) is 5.02 Å². The normalized spacial score (nSPS) is 17.0. The summed E-state index contributed by atoms with van der Waals surface area (Å²) in [6.07, 6.45) is 1.67. The molecule has 0 bridgehead atoms. The second-order valence-electron chi connectivity index (χ2n) is 6.47. The number of aliphatic hydroxyl groups excluding tert-OH is 1. The minimum Gasteiger partial charge on any atom is -0.503 e. The Morgan fingerprint density at radius 2 is 1.85 bits per heavy atom. The quantitative estimate of drug-likeness (QED) is 0.874. The van der Waals surface area contributed by atoms with Crippen molar-refractivity contribution in [3.63, 3.8) is 0 Å². The fraction of sp³-hybridized carbons (Fsp3) is 0.250. The Labute approximate surface area is 161 Å². The summed E-state index contributed by atoms with van der Waals surface area (Å²) in [7, 11) is 1.59. The minimum absolute atomic E-state index is 0.0522. The van der Waals surface area contributed by atoms with Gasteiger partial charge in [-0.3, -0.25) is 19.3 Å². The second-order valence-corrected chi connectivity index (χ2v) is 6.90. The SMILES string of the molecule is CCC(=O)C1=C(O)C(=O)N(c2cc(C)c(=O)n(C)c2)C1c1ccc(Cl)cc1. The number of hydrogen-bond acceptors (Lipinski definition) is 4. The highest BCUT2D eigenvalue weighted by Gasteiger charge is 2.44. The third-order valence-corrected chi connectivity index (χ3v) is 4.89. The Kier molecular flexibility index (Phi) is 4.93. The Hall–Kier alpha value is -2.86. The highest BCUT2D eigenvalue weighted by molar-refractivity contribution is 6.30. The molecule has 3 rings (SSSR count). The average molecular weight is 387 g/mol. The van der Waals surface area contributed by atoms with Crippen LogP contribution in [-0.4, -0.2) is 21.4 Å². The van der Waals surface area contributed by atoms with Gasteiger partial charge in [0.05, 0.1) is 17.3 Å². The van der Waals surface area contributed by atoms with Crippen molar-refractivity contribution in [2.45, 2.75) is 26.3 Å². The zero-order valence-corrected chi connectivity index (χ0v) is 15.9. The molecule has 0 saturated heterocycles. The molecule has 6 nitrogen and oxygen atoms in total. The number of benzene rings is 1. The molecule has 0 fully saturated rings. The van der Waals surface area contributed by atoms with E-state index in [0.717, 1.165) is 0 Å². The molecule has 1 N–H and O–H groups in total. The molecule has 1 amide bonds. The van der Waals surface area contributed by atoms with Crippen molar-refractivity contribution in [1.82, 2.24) is 4.57 Å². The molecule has 0 radical (unpaired) electrons. The Morgan fingerprint density at radius 1 is 1.22 bits per heavy atom. The third-order valence-electron chi connectivity index (χ3n) is 4.64. The van der Waals surface area contributed by atoms with Crippen LogP contribution in [0.1, 0.15) is 30.5 Å². The van der Waals surface area contributed by atoms with Gasteiger partial charge < -0.3 is 9.67 Å². The van der Waals surface area contributed by atoms with Gasteiger partial charge in [-0.05, 0) is 30.7 Å². The summed E-state index contributed by atoms with van der Waals surface area (Å²) in [4.78, 5) is 38.7. The van der Waals surface area contributed by atoms with Crippen molar-refractivity contribution < 1.29 is 14.7 Å². The van der Waals surface area contributed by atoms with E-state index >= 15 is 0 Å². The lowest BCUT2D eigenvalue weighted by Crippen LogP contribution is -2.32. The van der Waals surface area contributed by atoms with Gasteiger partial charge in [0, 0.05) is 30.3 Å². The Bertz CT molecular complexity index is 995. The van der Waals surface area contributed by atoms with Crippen molar-refractivity contribution in [2.75, 3.05) is 4.90 Å². The largest absolute Gasteiger partial charge is 0.503 e. The van der Waals surface area contributed by atoms with Gasteiger partial charge in [-0.25, -0.2) is 0 Å². The maximum Gasteiger partial charge on any atom is 0.294 e. The van der Waals surface area contributed by atoms with Gasteiger partial charge >= 0.3 is 0 Å². The molecule has 1 aliphatic rings. The number of rotatable bonds is 4. The number of aromatic nitrogens is 1. The van der Waals surface area contributed by atoms with Crippen LogP contribution in [0.5, 0.6) is 0 Å². The van der Waals surface area contributed by atoms with Crippen LogP contribution >= 0.6 is 11.6 Å². The number of ketones is 1. The molecule has 0 saturated carbocycles. The van der Waals surface area contributed by atoms with E-state index < -0.39 is 17.7 Å². The van der Waals surface area contributed by atoms with Gasteiger partial charge in [0.15, 0.2) is 11.5 Å². The second kappa shape index (κ2) is 7.04. The summed E-state index contributed by atoms with van der Waals surface area (Å²) in [5, 5.41) is 11.0. The molecule has 27 heavy (non-hydrogen) atoms. The van der Waals surface area contributed by atoms with Gasteiger partial charge in [-0.1, -0.05) is 30.7 Å². The van der Waals surface area contributed by atoms with Crippen LogP contribution in [-0.2, 0) is 16.6 Å². The standard InChI is InChI=1S/C20H19ClN2O4/c1-4-15(24)16-17(12-5-7-13(21)8-6-12)23(20(27)18(16)25)14-9-11(2)19(26)22(3)10-14/h5-10,17,25H,4H2,1-3H3. The number of hydrogen-bond donors (Lipinski definition) is 1. The first-order chi connectivity index (χ1) is 12.8.